The largest absolute Gasteiger partial charge is 0.490 e. The summed E-state index contributed by atoms with van der Waals surface area (Å²) in [5.74, 6) is -2.96. The summed E-state index contributed by atoms with van der Waals surface area (Å²) in [6, 6.07) is 12.8. The number of hydrogen-bond donors (Lipinski definition) is 3. The molecule has 1 aliphatic heterocycles. The third-order valence-electron chi connectivity index (χ3n) is 5.68. The molecule has 194 valence electrons. The minimum Gasteiger partial charge on any atom is -0.475 e. The Hall–Kier alpha value is -3.02. The molecule has 1 amide bonds. The third-order valence-corrected chi connectivity index (χ3v) is 6.23. The van der Waals surface area contributed by atoms with Crippen LogP contribution in [0, 0.1) is 0 Å². The van der Waals surface area contributed by atoms with Gasteiger partial charge in [-0.15, -0.1) is 0 Å². The van der Waals surface area contributed by atoms with Gasteiger partial charge >= 0.3 is 17.8 Å². The maximum atomic E-state index is 12.4. The highest BCUT2D eigenvalue weighted by atomic mass is 35.5. The minimum absolute atomic E-state index is 0.0447. The van der Waals surface area contributed by atoms with Crippen molar-refractivity contribution in [1.82, 2.24) is 19.8 Å². The quantitative estimate of drug-likeness (QED) is 0.441. The van der Waals surface area contributed by atoms with Gasteiger partial charge in [0.1, 0.15) is 0 Å². The summed E-state index contributed by atoms with van der Waals surface area (Å²) < 4.78 is 33.6. The number of para-hydroxylation sites is 2. The van der Waals surface area contributed by atoms with E-state index in [1.807, 2.05) is 28.8 Å². The molecule has 0 radical (unpaired) electrons. The van der Waals surface area contributed by atoms with Crippen molar-refractivity contribution in [3.8, 4) is 0 Å². The van der Waals surface area contributed by atoms with Gasteiger partial charge < -0.3 is 20.3 Å². The number of benzene rings is 2. The highest BCUT2D eigenvalue weighted by Gasteiger charge is 2.38. The van der Waals surface area contributed by atoms with Gasteiger partial charge in [-0.3, -0.25) is 9.36 Å². The number of carboxylic acid groups (broad SMARTS) is 1. The first-order valence-corrected chi connectivity index (χ1v) is 11.7. The number of hydrogen-bond acceptors (Lipinski definition) is 4. The smallest absolute Gasteiger partial charge is 0.475 e. The number of imidazole rings is 1. The zero-order valence-electron chi connectivity index (χ0n) is 18.8. The number of halogens is 5. The Morgan fingerprint density at radius 3 is 2.36 bits per heavy atom. The standard InChI is InChI=1S/C21H22Cl2N4O2.C2HF3O2/c22-14-5-6-16(17(23)13-14)20(28)24-9-12-26-10-7-15(8-11-26)27-19-4-2-1-3-18(19)25-21(27)29;3-2(4,5)1(6)7/h1-6,13,15H,7-12H2,(H,24,28)(H,25,29);(H,6,7). The highest BCUT2D eigenvalue weighted by Crippen LogP contribution is 2.25. The number of aliphatic carboxylic acids is 1. The molecule has 2 aromatic carbocycles. The van der Waals surface area contributed by atoms with Crippen molar-refractivity contribution in [2.45, 2.75) is 25.1 Å². The van der Waals surface area contributed by atoms with E-state index < -0.39 is 12.1 Å². The first-order valence-electron chi connectivity index (χ1n) is 10.9. The molecular weight excluding hydrogens is 524 g/mol. The number of alkyl halides is 3. The fourth-order valence-electron chi connectivity index (χ4n) is 3.93. The van der Waals surface area contributed by atoms with Crippen molar-refractivity contribution >= 4 is 46.1 Å². The fourth-order valence-corrected chi connectivity index (χ4v) is 4.43. The Labute approximate surface area is 213 Å². The average Bonchev–Trinajstić information content (AvgIpc) is 3.15. The van der Waals surface area contributed by atoms with E-state index in [9.17, 15) is 22.8 Å². The van der Waals surface area contributed by atoms with Crippen molar-refractivity contribution in [2.24, 2.45) is 0 Å². The fraction of sp³-hybridized carbons (Fsp3) is 0.348. The lowest BCUT2D eigenvalue weighted by molar-refractivity contribution is -0.192. The van der Waals surface area contributed by atoms with Gasteiger partial charge in [0.25, 0.3) is 5.91 Å². The van der Waals surface area contributed by atoms with Crippen molar-refractivity contribution in [3.05, 3.63) is 68.6 Å². The summed E-state index contributed by atoms with van der Waals surface area (Å²) in [6.45, 7) is 3.06. The number of piperidine rings is 1. The number of fused-ring (bicyclic) bond motifs is 1. The van der Waals surface area contributed by atoms with Crippen LogP contribution >= 0.6 is 23.2 Å². The van der Waals surface area contributed by atoms with E-state index in [-0.39, 0.29) is 17.6 Å². The van der Waals surface area contributed by atoms with Crippen LogP contribution in [-0.4, -0.2) is 63.8 Å². The zero-order valence-corrected chi connectivity index (χ0v) is 20.3. The molecule has 0 aliphatic carbocycles. The maximum Gasteiger partial charge on any atom is 0.490 e. The van der Waals surface area contributed by atoms with Crippen molar-refractivity contribution in [3.63, 3.8) is 0 Å². The molecule has 8 nitrogen and oxygen atoms in total. The molecule has 0 spiro atoms. The number of aromatic amines is 1. The molecule has 1 fully saturated rings. The van der Waals surface area contributed by atoms with Gasteiger partial charge in [-0.2, -0.15) is 13.2 Å². The van der Waals surface area contributed by atoms with Gasteiger partial charge in [0, 0.05) is 37.2 Å². The van der Waals surface area contributed by atoms with Gasteiger partial charge in [0.15, 0.2) is 0 Å². The molecule has 13 heteroatoms. The summed E-state index contributed by atoms with van der Waals surface area (Å²) in [7, 11) is 0. The predicted molar refractivity (Wildman–Crippen MR) is 130 cm³/mol. The lowest BCUT2D eigenvalue weighted by Gasteiger charge is -2.32. The highest BCUT2D eigenvalue weighted by molar-refractivity contribution is 6.36. The number of nitrogens with zero attached hydrogens (tertiary/aromatic N) is 2. The summed E-state index contributed by atoms with van der Waals surface area (Å²) in [4.78, 5) is 38.8. The summed E-state index contributed by atoms with van der Waals surface area (Å²) in [5.41, 5.74) is 2.22. The van der Waals surface area contributed by atoms with Gasteiger partial charge in [0.05, 0.1) is 21.6 Å². The van der Waals surface area contributed by atoms with Gasteiger partial charge in [0.2, 0.25) is 0 Å². The lowest BCUT2D eigenvalue weighted by atomic mass is 10.0. The molecule has 36 heavy (non-hydrogen) atoms. The lowest BCUT2D eigenvalue weighted by Crippen LogP contribution is -2.41. The first-order chi connectivity index (χ1) is 17.0. The van der Waals surface area contributed by atoms with Crippen LogP contribution in [0.15, 0.2) is 47.3 Å². The van der Waals surface area contributed by atoms with Crippen molar-refractivity contribution in [1.29, 1.82) is 0 Å². The number of amides is 1. The second-order valence-electron chi connectivity index (χ2n) is 8.07. The summed E-state index contributed by atoms with van der Waals surface area (Å²) in [6.07, 6.45) is -3.28. The second-order valence-corrected chi connectivity index (χ2v) is 8.92. The summed E-state index contributed by atoms with van der Waals surface area (Å²) >= 11 is 12.0. The van der Waals surface area contributed by atoms with E-state index >= 15 is 0 Å². The number of rotatable bonds is 5. The van der Waals surface area contributed by atoms with Crippen LogP contribution in [0.25, 0.3) is 11.0 Å². The Morgan fingerprint density at radius 1 is 1.11 bits per heavy atom. The maximum absolute atomic E-state index is 12.4. The van der Waals surface area contributed by atoms with Crippen molar-refractivity contribution in [2.75, 3.05) is 26.2 Å². The second kappa shape index (κ2) is 11.8. The van der Waals surface area contributed by atoms with Crippen LogP contribution in [0.2, 0.25) is 10.0 Å². The first kappa shape index (κ1) is 27.6. The molecule has 4 rings (SSSR count). The molecule has 0 unspecified atom stereocenters. The predicted octanol–water partition coefficient (Wildman–Crippen LogP) is 4.34. The zero-order chi connectivity index (χ0) is 26.5. The van der Waals surface area contributed by atoms with E-state index in [0.29, 0.717) is 22.2 Å². The molecule has 0 saturated carbocycles. The van der Waals surface area contributed by atoms with E-state index in [4.69, 9.17) is 33.1 Å². The van der Waals surface area contributed by atoms with Crippen molar-refractivity contribution < 1.29 is 27.9 Å². The van der Waals surface area contributed by atoms with Crippen LogP contribution in [0.5, 0.6) is 0 Å². The molecule has 1 aliphatic rings. The van der Waals surface area contributed by atoms with Crippen LogP contribution in [0.1, 0.15) is 29.2 Å². The van der Waals surface area contributed by atoms with Crippen LogP contribution < -0.4 is 11.0 Å². The average molecular weight is 547 g/mol. The van der Waals surface area contributed by atoms with Crippen LogP contribution in [-0.2, 0) is 4.79 Å². The minimum atomic E-state index is -5.08. The SMILES string of the molecule is O=C(NCCN1CCC(n2c(=O)[nH]c3ccccc32)CC1)c1ccc(Cl)cc1Cl.O=C(O)C(F)(F)F. The molecule has 0 bridgehead atoms. The van der Waals surface area contributed by atoms with E-state index in [0.717, 1.165) is 43.5 Å². The third kappa shape index (κ3) is 7.02. The molecule has 1 saturated heterocycles. The monoisotopic (exact) mass is 546 g/mol. The van der Waals surface area contributed by atoms with Gasteiger partial charge in [-0.05, 0) is 43.2 Å². The number of carbonyl (C=O) groups excluding carboxylic acids is 1. The Bertz CT molecular complexity index is 1280. The van der Waals surface area contributed by atoms with E-state index in [1.54, 1.807) is 18.2 Å². The van der Waals surface area contributed by atoms with Crippen LogP contribution in [0.4, 0.5) is 13.2 Å². The molecule has 1 aromatic heterocycles. The van der Waals surface area contributed by atoms with E-state index in [1.165, 1.54) is 0 Å². The number of nitrogens with one attached hydrogen (secondary N) is 2. The number of aromatic nitrogens is 2. The Kier molecular flexibility index (Phi) is 9.04. The molecule has 3 N–H and O–H groups in total. The van der Waals surface area contributed by atoms with Gasteiger partial charge in [-0.25, -0.2) is 9.59 Å². The number of carboxylic acids is 1. The molecule has 2 heterocycles. The van der Waals surface area contributed by atoms with Crippen LogP contribution in [0.3, 0.4) is 0 Å². The number of carbonyl (C=O) groups is 2. The Morgan fingerprint density at radius 2 is 1.75 bits per heavy atom. The number of H-pyrrole nitrogens is 1. The molecule has 0 atom stereocenters. The molecular formula is C23H23Cl2F3N4O4. The van der Waals surface area contributed by atoms with Gasteiger partial charge in [-0.1, -0.05) is 35.3 Å². The van der Waals surface area contributed by atoms with E-state index in [2.05, 4.69) is 15.2 Å². The number of likely N-dealkylation sites (tertiary alicyclic amines) is 1. The normalized spacial score (nSPS) is 14.8. The summed E-state index contributed by atoms with van der Waals surface area (Å²) in [5, 5.41) is 10.9. The topological polar surface area (TPSA) is 107 Å². The molecule has 3 aromatic rings. The Balaban J connectivity index is 0.000000454.